The van der Waals surface area contributed by atoms with Crippen molar-refractivity contribution < 1.29 is 0 Å². The Labute approximate surface area is 71.9 Å². The highest BCUT2D eigenvalue weighted by molar-refractivity contribution is 7.11. The van der Waals surface area contributed by atoms with Crippen molar-refractivity contribution in [1.29, 1.82) is 0 Å². The van der Waals surface area contributed by atoms with Crippen molar-refractivity contribution >= 4 is 23.5 Å². The van der Waals surface area contributed by atoms with Crippen LogP contribution in [0.2, 0.25) is 0 Å². The summed E-state index contributed by atoms with van der Waals surface area (Å²) in [4.78, 5) is 1.34. The molecule has 0 nitrogen and oxygen atoms in total. The second-order valence-electron chi connectivity index (χ2n) is 2.24. The lowest BCUT2D eigenvalue weighted by Gasteiger charge is -1.88. The second-order valence-corrected chi connectivity index (χ2v) is 3.19. The van der Waals surface area contributed by atoms with Crippen molar-refractivity contribution in [2.24, 2.45) is 0 Å². The van der Waals surface area contributed by atoms with Crippen LogP contribution in [0, 0.1) is 0 Å². The Bertz CT molecular complexity index is 240. The molecule has 0 unspecified atom stereocenters. The van der Waals surface area contributed by atoms with E-state index in [0.717, 1.165) is 0 Å². The molecule has 0 saturated carbocycles. The molecule has 0 aliphatic carbocycles. The van der Waals surface area contributed by atoms with Crippen LogP contribution >= 0.6 is 11.3 Å². The van der Waals surface area contributed by atoms with Crippen LogP contribution in [0.25, 0.3) is 12.2 Å². The predicted octanol–water partition coefficient (Wildman–Crippen LogP) is 3.81. The van der Waals surface area contributed by atoms with Gasteiger partial charge in [-0.3, -0.25) is 0 Å². The smallest absolute Gasteiger partial charge is 0.0339 e. The molecule has 0 fully saturated rings. The minimum atomic E-state index is 1.32. The highest BCUT2D eigenvalue weighted by atomic mass is 32.1. The van der Waals surface area contributed by atoms with Gasteiger partial charge in [0.05, 0.1) is 0 Å². The average Bonchev–Trinajstić information content (AvgIpc) is 2.39. The minimum Gasteiger partial charge on any atom is -0.144 e. The molecule has 1 heterocycles. The number of hydrogen-bond donors (Lipinski definition) is 0. The summed E-state index contributed by atoms with van der Waals surface area (Å²) in [5, 5.41) is 2.12. The molecule has 0 aromatic carbocycles. The topological polar surface area (TPSA) is 0 Å². The molecular weight excluding hydrogens is 152 g/mol. The maximum atomic E-state index is 2.14. The summed E-state index contributed by atoms with van der Waals surface area (Å²) in [7, 11) is 0. The van der Waals surface area contributed by atoms with E-state index < -0.39 is 0 Å². The summed E-state index contributed by atoms with van der Waals surface area (Å²) in [5.41, 5.74) is 1.32. The molecule has 0 spiro atoms. The molecule has 0 saturated heterocycles. The number of allylic oxidation sites excluding steroid dienone is 2. The number of rotatable bonds is 2. The van der Waals surface area contributed by atoms with E-state index >= 15 is 0 Å². The zero-order valence-electron chi connectivity index (χ0n) is 6.87. The monoisotopic (exact) mass is 164 g/mol. The van der Waals surface area contributed by atoms with Crippen LogP contribution in [0.5, 0.6) is 0 Å². The number of thiophene rings is 1. The van der Waals surface area contributed by atoms with Gasteiger partial charge in [0.15, 0.2) is 0 Å². The molecular formula is C10H12S. The van der Waals surface area contributed by atoms with Gasteiger partial charge in [0.2, 0.25) is 0 Å². The van der Waals surface area contributed by atoms with E-state index in [2.05, 4.69) is 35.8 Å². The largest absolute Gasteiger partial charge is 0.144 e. The fourth-order valence-electron chi connectivity index (χ4n) is 0.935. The van der Waals surface area contributed by atoms with Crippen molar-refractivity contribution in [1.82, 2.24) is 0 Å². The first-order valence-corrected chi connectivity index (χ1v) is 4.59. The van der Waals surface area contributed by atoms with Crippen molar-refractivity contribution in [3.63, 3.8) is 0 Å². The molecule has 0 bridgehead atoms. The lowest BCUT2D eigenvalue weighted by Crippen LogP contribution is -1.66. The van der Waals surface area contributed by atoms with Gasteiger partial charge in [0.25, 0.3) is 0 Å². The first kappa shape index (κ1) is 8.28. The van der Waals surface area contributed by atoms with Crippen LogP contribution in [0.15, 0.2) is 23.6 Å². The first-order valence-electron chi connectivity index (χ1n) is 3.71. The lowest BCUT2D eigenvalue weighted by molar-refractivity contribution is 1.73. The Hall–Kier alpha value is -0.820. The van der Waals surface area contributed by atoms with Crippen LogP contribution in [-0.2, 0) is 0 Å². The molecule has 0 N–H and O–H groups in total. The van der Waals surface area contributed by atoms with Crippen molar-refractivity contribution in [3.8, 4) is 0 Å². The summed E-state index contributed by atoms with van der Waals surface area (Å²) in [6.45, 7) is 4.08. The second kappa shape index (κ2) is 4.14. The Balaban J connectivity index is 2.95. The number of hydrogen-bond acceptors (Lipinski definition) is 1. The van der Waals surface area contributed by atoms with Crippen LogP contribution in [0.3, 0.4) is 0 Å². The Kier molecular flexibility index (Phi) is 3.12. The fraction of sp³-hybridized carbons (Fsp3) is 0.200. The van der Waals surface area contributed by atoms with Gasteiger partial charge in [-0.15, -0.1) is 11.3 Å². The third-order valence-corrected chi connectivity index (χ3v) is 2.29. The third-order valence-electron chi connectivity index (χ3n) is 1.39. The van der Waals surface area contributed by atoms with E-state index in [0.29, 0.717) is 0 Å². The van der Waals surface area contributed by atoms with Crippen LogP contribution in [0.4, 0.5) is 0 Å². The Morgan fingerprint density at radius 3 is 2.55 bits per heavy atom. The molecule has 0 aliphatic rings. The van der Waals surface area contributed by atoms with Gasteiger partial charge in [-0.05, 0) is 36.9 Å². The van der Waals surface area contributed by atoms with Gasteiger partial charge in [-0.1, -0.05) is 18.2 Å². The van der Waals surface area contributed by atoms with Crippen molar-refractivity contribution in [2.45, 2.75) is 13.8 Å². The molecule has 1 aromatic rings. The summed E-state index contributed by atoms with van der Waals surface area (Å²) in [5.74, 6) is 0. The molecule has 1 heteroatoms. The van der Waals surface area contributed by atoms with Gasteiger partial charge in [-0.2, -0.15) is 0 Å². The standard InChI is InChI=1S/C10H12S/c1-3-5-9-7-8-11-10(9)6-4-2/h3-8H,1-2H3/b5-3-,6-4-. The Morgan fingerprint density at radius 1 is 1.18 bits per heavy atom. The average molecular weight is 164 g/mol. The molecule has 11 heavy (non-hydrogen) atoms. The quantitative estimate of drug-likeness (QED) is 0.623. The van der Waals surface area contributed by atoms with E-state index in [1.807, 2.05) is 13.8 Å². The SMILES string of the molecule is C/C=C\c1ccsc1/C=C\C. The van der Waals surface area contributed by atoms with Gasteiger partial charge < -0.3 is 0 Å². The van der Waals surface area contributed by atoms with Gasteiger partial charge in [-0.25, -0.2) is 0 Å². The van der Waals surface area contributed by atoms with Gasteiger partial charge in [0.1, 0.15) is 0 Å². The zero-order valence-corrected chi connectivity index (χ0v) is 7.69. The summed E-state index contributed by atoms with van der Waals surface area (Å²) in [6, 6.07) is 2.14. The highest BCUT2D eigenvalue weighted by Crippen LogP contribution is 2.19. The van der Waals surface area contributed by atoms with Crippen molar-refractivity contribution in [2.75, 3.05) is 0 Å². The zero-order chi connectivity index (χ0) is 8.10. The summed E-state index contributed by atoms with van der Waals surface area (Å²) < 4.78 is 0. The van der Waals surface area contributed by atoms with E-state index in [9.17, 15) is 0 Å². The molecule has 1 rings (SSSR count). The van der Waals surface area contributed by atoms with Crippen LogP contribution in [0.1, 0.15) is 24.3 Å². The molecule has 0 aliphatic heterocycles. The van der Waals surface area contributed by atoms with Crippen LogP contribution < -0.4 is 0 Å². The van der Waals surface area contributed by atoms with E-state index in [-0.39, 0.29) is 0 Å². The van der Waals surface area contributed by atoms with E-state index in [1.165, 1.54) is 10.4 Å². The summed E-state index contributed by atoms with van der Waals surface area (Å²) >= 11 is 1.78. The molecule has 0 atom stereocenters. The van der Waals surface area contributed by atoms with E-state index in [4.69, 9.17) is 0 Å². The fourth-order valence-corrected chi connectivity index (χ4v) is 1.78. The van der Waals surface area contributed by atoms with Crippen LogP contribution in [-0.4, -0.2) is 0 Å². The normalized spacial score (nSPS) is 11.8. The van der Waals surface area contributed by atoms with Crippen molar-refractivity contribution in [3.05, 3.63) is 34.0 Å². The molecule has 0 radical (unpaired) electrons. The molecule has 0 amide bonds. The first-order chi connectivity index (χ1) is 5.38. The minimum absolute atomic E-state index is 1.32. The lowest BCUT2D eigenvalue weighted by atomic mass is 10.2. The summed E-state index contributed by atoms with van der Waals surface area (Å²) in [6.07, 6.45) is 8.40. The third kappa shape index (κ3) is 2.05. The van der Waals surface area contributed by atoms with Gasteiger partial charge >= 0.3 is 0 Å². The van der Waals surface area contributed by atoms with Gasteiger partial charge in [0, 0.05) is 4.88 Å². The molecule has 1 aromatic heterocycles. The predicted molar refractivity (Wildman–Crippen MR) is 53.7 cm³/mol. The van der Waals surface area contributed by atoms with E-state index in [1.54, 1.807) is 11.3 Å². The molecule has 58 valence electrons. The maximum absolute atomic E-state index is 2.14. The Morgan fingerprint density at radius 2 is 1.91 bits per heavy atom. The highest BCUT2D eigenvalue weighted by Gasteiger charge is 1.94. The maximum Gasteiger partial charge on any atom is 0.0339 e.